The molecule has 0 bridgehead atoms. The molecule has 5 nitrogen and oxygen atoms in total. The van der Waals surface area contributed by atoms with E-state index in [1.54, 1.807) is 0 Å². The Morgan fingerprint density at radius 1 is 1.31 bits per heavy atom. The van der Waals surface area contributed by atoms with Crippen LogP contribution in [-0.4, -0.2) is 48.0 Å². The lowest BCUT2D eigenvalue weighted by Gasteiger charge is -2.36. The third kappa shape index (κ3) is 7.29. The van der Waals surface area contributed by atoms with E-state index in [1.165, 1.54) is 0 Å². The lowest BCUT2D eigenvalue weighted by Crippen LogP contribution is -2.47. The quantitative estimate of drug-likeness (QED) is 0.756. The van der Waals surface area contributed by atoms with E-state index in [1.807, 2.05) is 30.2 Å². The minimum absolute atomic E-state index is 0. The molecule has 26 heavy (non-hydrogen) atoms. The Morgan fingerprint density at radius 2 is 1.96 bits per heavy atom. The highest BCUT2D eigenvalue weighted by molar-refractivity contribution is 5.85. The number of pyridine rings is 1. The number of carbonyl (C=O) groups is 1. The van der Waals surface area contributed by atoms with Crippen molar-refractivity contribution in [2.24, 2.45) is 17.6 Å². The van der Waals surface area contributed by atoms with Crippen LogP contribution in [0.2, 0.25) is 0 Å². The van der Waals surface area contributed by atoms with E-state index in [4.69, 9.17) is 5.73 Å². The van der Waals surface area contributed by atoms with Crippen LogP contribution in [0, 0.1) is 11.8 Å². The van der Waals surface area contributed by atoms with Gasteiger partial charge in [0, 0.05) is 32.4 Å². The van der Waals surface area contributed by atoms with Crippen LogP contribution in [0.15, 0.2) is 24.4 Å². The van der Waals surface area contributed by atoms with Crippen LogP contribution >= 0.6 is 24.8 Å². The molecule has 1 aromatic rings. The maximum atomic E-state index is 12.5. The fourth-order valence-electron chi connectivity index (χ4n) is 3.42. The van der Waals surface area contributed by atoms with Gasteiger partial charge in [0.15, 0.2) is 0 Å². The molecule has 2 rings (SSSR count). The molecular formula is C19H34Cl2N4O. The van der Waals surface area contributed by atoms with Crippen molar-refractivity contribution >= 4 is 36.5 Å². The monoisotopic (exact) mass is 404 g/mol. The van der Waals surface area contributed by atoms with Crippen LogP contribution in [0.5, 0.6) is 0 Å². The SMILES string of the molecule is CCN(CC1CCN(c2ccccn2)CC1)C(=O)[C@@H](N)CC(C)C.Cl.Cl. The van der Waals surface area contributed by atoms with E-state index in [9.17, 15) is 4.79 Å². The summed E-state index contributed by atoms with van der Waals surface area (Å²) in [5, 5.41) is 0. The van der Waals surface area contributed by atoms with Crippen LogP contribution in [0.1, 0.15) is 40.0 Å². The van der Waals surface area contributed by atoms with E-state index in [2.05, 4.69) is 29.8 Å². The molecule has 1 saturated heterocycles. The zero-order valence-electron chi connectivity index (χ0n) is 16.1. The zero-order chi connectivity index (χ0) is 17.5. The van der Waals surface area contributed by atoms with Crippen molar-refractivity contribution < 1.29 is 4.79 Å². The predicted octanol–water partition coefficient (Wildman–Crippen LogP) is 3.36. The van der Waals surface area contributed by atoms with E-state index in [-0.39, 0.29) is 36.8 Å². The van der Waals surface area contributed by atoms with Crippen molar-refractivity contribution in [3.63, 3.8) is 0 Å². The van der Waals surface area contributed by atoms with Crippen LogP contribution < -0.4 is 10.6 Å². The Balaban J connectivity index is 0.00000312. The van der Waals surface area contributed by atoms with Gasteiger partial charge < -0.3 is 15.5 Å². The molecule has 0 aliphatic carbocycles. The van der Waals surface area contributed by atoms with Gasteiger partial charge in [-0.2, -0.15) is 0 Å². The zero-order valence-corrected chi connectivity index (χ0v) is 17.8. The second-order valence-electron chi connectivity index (χ2n) is 7.23. The summed E-state index contributed by atoms with van der Waals surface area (Å²) in [5.41, 5.74) is 6.09. The summed E-state index contributed by atoms with van der Waals surface area (Å²) in [4.78, 5) is 21.3. The maximum Gasteiger partial charge on any atom is 0.239 e. The summed E-state index contributed by atoms with van der Waals surface area (Å²) >= 11 is 0. The molecule has 0 aromatic carbocycles. The molecule has 0 spiro atoms. The largest absolute Gasteiger partial charge is 0.357 e. The van der Waals surface area contributed by atoms with Crippen molar-refractivity contribution in [1.82, 2.24) is 9.88 Å². The third-order valence-electron chi connectivity index (χ3n) is 4.80. The Kier molecular flexibility index (Phi) is 11.9. The van der Waals surface area contributed by atoms with Gasteiger partial charge in [-0.25, -0.2) is 4.98 Å². The van der Waals surface area contributed by atoms with E-state index >= 15 is 0 Å². The maximum absolute atomic E-state index is 12.5. The van der Waals surface area contributed by atoms with Crippen molar-refractivity contribution in [1.29, 1.82) is 0 Å². The standard InChI is InChI=1S/C19H32N4O.2ClH/c1-4-22(19(24)17(20)13-15(2)3)14-16-8-11-23(12-9-16)18-7-5-6-10-21-18;;/h5-7,10,15-17H,4,8-9,11-14,20H2,1-3H3;2*1H/t17-;;/m0../s1. The highest BCUT2D eigenvalue weighted by Crippen LogP contribution is 2.22. The summed E-state index contributed by atoms with van der Waals surface area (Å²) in [6.07, 6.45) is 4.79. The molecule has 1 aromatic heterocycles. The van der Waals surface area contributed by atoms with Crippen molar-refractivity contribution in [2.75, 3.05) is 31.1 Å². The average molecular weight is 405 g/mol. The molecule has 150 valence electrons. The Bertz CT molecular complexity index is 508. The van der Waals surface area contributed by atoms with Crippen molar-refractivity contribution in [3.05, 3.63) is 24.4 Å². The molecule has 1 amide bonds. The van der Waals surface area contributed by atoms with E-state index in [0.717, 1.165) is 51.3 Å². The molecule has 0 unspecified atom stereocenters. The second kappa shape index (κ2) is 12.4. The molecular weight excluding hydrogens is 371 g/mol. The van der Waals surface area contributed by atoms with Gasteiger partial charge in [0.25, 0.3) is 0 Å². The Hall–Kier alpha value is -1.04. The first-order chi connectivity index (χ1) is 11.5. The van der Waals surface area contributed by atoms with Crippen LogP contribution in [0.4, 0.5) is 5.82 Å². The molecule has 7 heteroatoms. The normalized spacial score (nSPS) is 15.8. The molecule has 2 N–H and O–H groups in total. The number of nitrogens with two attached hydrogens (primary N) is 1. The Morgan fingerprint density at radius 3 is 2.46 bits per heavy atom. The molecule has 1 atom stereocenters. The number of anilines is 1. The van der Waals surface area contributed by atoms with E-state index < -0.39 is 0 Å². The van der Waals surface area contributed by atoms with Crippen molar-refractivity contribution in [3.8, 4) is 0 Å². The number of likely N-dealkylation sites (N-methyl/N-ethyl adjacent to an activating group) is 1. The first-order valence-corrected chi connectivity index (χ1v) is 9.21. The predicted molar refractivity (Wildman–Crippen MR) is 113 cm³/mol. The molecule has 0 saturated carbocycles. The smallest absolute Gasteiger partial charge is 0.239 e. The van der Waals surface area contributed by atoms with Gasteiger partial charge in [0.05, 0.1) is 6.04 Å². The summed E-state index contributed by atoms with van der Waals surface area (Å²) < 4.78 is 0. The number of hydrogen-bond acceptors (Lipinski definition) is 4. The van der Waals surface area contributed by atoms with Gasteiger partial charge in [-0.15, -0.1) is 24.8 Å². The lowest BCUT2D eigenvalue weighted by molar-refractivity contribution is -0.133. The van der Waals surface area contributed by atoms with Gasteiger partial charge in [-0.05, 0) is 50.2 Å². The number of rotatable bonds is 7. The lowest BCUT2D eigenvalue weighted by atomic mass is 9.95. The topological polar surface area (TPSA) is 62.5 Å². The molecule has 2 heterocycles. The number of carbonyl (C=O) groups excluding carboxylic acids is 1. The van der Waals surface area contributed by atoms with Gasteiger partial charge in [0.1, 0.15) is 5.82 Å². The highest BCUT2D eigenvalue weighted by Gasteiger charge is 2.26. The second-order valence-corrected chi connectivity index (χ2v) is 7.23. The summed E-state index contributed by atoms with van der Waals surface area (Å²) in [5.74, 6) is 2.17. The molecule has 1 aliphatic rings. The Labute approximate surface area is 170 Å². The minimum atomic E-state index is -0.362. The fraction of sp³-hybridized carbons (Fsp3) is 0.684. The fourth-order valence-corrected chi connectivity index (χ4v) is 3.42. The van der Waals surface area contributed by atoms with Crippen LogP contribution in [0.25, 0.3) is 0 Å². The first-order valence-electron chi connectivity index (χ1n) is 9.21. The summed E-state index contributed by atoms with van der Waals surface area (Å²) in [7, 11) is 0. The summed E-state index contributed by atoms with van der Waals surface area (Å²) in [6.45, 7) is 9.84. The number of amides is 1. The van der Waals surface area contributed by atoms with Crippen LogP contribution in [-0.2, 0) is 4.79 Å². The third-order valence-corrected chi connectivity index (χ3v) is 4.80. The molecule has 1 fully saturated rings. The first kappa shape index (κ1) is 25.0. The van der Waals surface area contributed by atoms with E-state index in [0.29, 0.717) is 11.8 Å². The van der Waals surface area contributed by atoms with Gasteiger partial charge in [0.2, 0.25) is 5.91 Å². The average Bonchev–Trinajstić information content (AvgIpc) is 2.59. The van der Waals surface area contributed by atoms with Crippen molar-refractivity contribution in [2.45, 2.75) is 46.1 Å². The summed E-state index contributed by atoms with van der Waals surface area (Å²) in [6, 6.07) is 5.68. The molecule has 0 radical (unpaired) electrons. The van der Waals surface area contributed by atoms with Crippen LogP contribution in [0.3, 0.4) is 0 Å². The highest BCUT2D eigenvalue weighted by atomic mass is 35.5. The minimum Gasteiger partial charge on any atom is -0.357 e. The van der Waals surface area contributed by atoms with Gasteiger partial charge >= 0.3 is 0 Å². The number of aromatic nitrogens is 1. The van der Waals surface area contributed by atoms with Gasteiger partial charge in [-0.1, -0.05) is 19.9 Å². The molecule has 1 aliphatic heterocycles. The number of halogens is 2. The number of hydrogen-bond donors (Lipinski definition) is 1. The van der Waals surface area contributed by atoms with Gasteiger partial charge in [-0.3, -0.25) is 4.79 Å². The number of piperidine rings is 1. The number of nitrogens with zero attached hydrogens (tertiary/aromatic N) is 3.